The fraction of sp³-hybridized carbons (Fsp3) is 0.211. The molecule has 0 aliphatic carbocycles. The van der Waals surface area contributed by atoms with Gasteiger partial charge in [-0.1, -0.05) is 24.3 Å². The number of ether oxygens (including phenoxy) is 1. The average Bonchev–Trinajstić information content (AvgIpc) is 3.15. The molecule has 6 nitrogen and oxygen atoms in total. The van der Waals surface area contributed by atoms with E-state index in [4.69, 9.17) is 4.74 Å². The van der Waals surface area contributed by atoms with Gasteiger partial charge in [-0.2, -0.15) is 5.10 Å². The van der Waals surface area contributed by atoms with Crippen molar-refractivity contribution in [2.45, 2.75) is 19.5 Å². The van der Waals surface area contributed by atoms with Gasteiger partial charge in [0.05, 0.1) is 19.7 Å². The number of methoxy groups -OCH3 is 1. The first-order valence-electron chi connectivity index (χ1n) is 8.13. The molecule has 26 heavy (non-hydrogen) atoms. The lowest BCUT2D eigenvalue weighted by Gasteiger charge is -2.17. The van der Waals surface area contributed by atoms with Gasteiger partial charge in [-0.05, 0) is 36.2 Å². The maximum absolute atomic E-state index is 13.9. The normalized spacial score (nSPS) is 11.8. The number of amides is 1. The molecule has 3 aromatic rings. The van der Waals surface area contributed by atoms with Gasteiger partial charge in [-0.3, -0.25) is 4.79 Å². The van der Waals surface area contributed by atoms with Gasteiger partial charge in [-0.15, -0.1) is 0 Å². The Labute approximate surface area is 150 Å². The predicted molar refractivity (Wildman–Crippen MR) is 94.4 cm³/mol. The Bertz CT molecular complexity index is 896. The first-order valence-corrected chi connectivity index (χ1v) is 8.13. The summed E-state index contributed by atoms with van der Waals surface area (Å²) in [4.78, 5) is 16.6. The second kappa shape index (κ2) is 7.77. The van der Waals surface area contributed by atoms with Crippen LogP contribution in [0.5, 0.6) is 5.75 Å². The van der Waals surface area contributed by atoms with Gasteiger partial charge in [0.25, 0.3) is 5.91 Å². The zero-order valence-electron chi connectivity index (χ0n) is 14.5. The largest absolute Gasteiger partial charge is 0.494 e. The number of nitrogens with zero attached hydrogens (tertiary/aromatic N) is 3. The second-order valence-corrected chi connectivity index (χ2v) is 5.84. The van der Waals surface area contributed by atoms with E-state index in [1.807, 2.05) is 12.1 Å². The van der Waals surface area contributed by atoms with Crippen LogP contribution in [0.15, 0.2) is 55.1 Å². The van der Waals surface area contributed by atoms with E-state index in [9.17, 15) is 9.18 Å². The SMILES string of the molecule is COc1ccc([C@H](C)NC(=O)c2ccccc2Cn2cncn2)cc1F. The van der Waals surface area contributed by atoms with Crippen molar-refractivity contribution < 1.29 is 13.9 Å². The number of hydrogen-bond donors (Lipinski definition) is 1. The Morgan fingerprint density at radius 1 is 1.31 bits per heavy atom. The smallest absolute Gasteiger partial charge is 0.252 e. The molecule has 1 aromatic heterocycles. The van der Waals surface area contributed by atoms with Crippen molar-refractivity contribution in [3.8, 4) is 5.75 Å². The van der Waals surface area contributed by atoms with Crippen LogP contribution in [-0.4, -0.2) is 27.8 Å². The second-order valence-electron chi connectivity index (χ2n) is 5.84. The summed E-state index contributed by atoms with van der Waals surface area (Å²) in [5, 5.41) is 6.97. The van der Waals surface area contributed by atoms with Crippen LogP contribution in [0.25, 0.3) is 0 Å². The van der Waals surface area contributed by atoms with Crippen molar-refractivity contribution in [1.29, 1.82) is 0 Å². The number of hydrogen-bond acceptors (Lipinski definition) is 4. The lowest BCUT2D eigenvalue weighted by molar-refractivity contribution is 0.0938. The quantitative estimate of drug-likeness (QED) is 0.739. The molecule has 1 atom stereocenters. The Morgan fingerprint density at radius 2 is 2.12 bits per heavy atom. The monoisotopic (exact) mass is 354 g/mol. The molecule has 0 saturated heterocycles. The van der Waals surface area contributed by atoms with Crippen molar-refractivity contribution in [2.75, 3.05) is 7.11 Å². The van der Waals surface area contributed by atoms with Gasteiger partial charge < -0.3 is 10.1 Å². The third-order valence-electron chi connectivity index (χ3n) is 4.08. The fourth-order valence-electron chi connectivity index (χ4n) is 2.68. The predicted octanol–water partition coefficient (Wildman–Crippen LogP) is 2.97. The average molecular weight is 354 g/mol. The Hall–Kier alpha value is -3.22. The Morgan fingerprint density at radius 3 is 2.81 bits per heavy atom. The van der Waals surface area contributed by atoms with E-state index in [1.54, 1.807) is 42.2 Å². The van der Waals surface area contributed by atoms with Crippen LogP contribution >= 0.6 is 0 Å². The molecule has 1 heterocycles. The maximum atomic E-state index is 13.9. The van der Waals surface area contributed by atoms with E-state index in [1.165, 1.54) is 19.5 Å². The fourth-order valence-corrected chi connectivity index (χ4v) is 2.68. The van der Waals surface area contributed by atoms with Crippen LogP contribution in [0.1, 0.15) is 34.5 Å². The molecule has 134 valence electrons. The summed E-state index contributed by atoms with van der Waals surface area (Å²) in [5.74, 6) is -0.521. The van der Waals surface area contributed by atoms with Crippen molar-refractivity contribution in [3.05, 3.63) is 77.6 Å². The molecule has 3 rings (SSSR count). The highest BCUT2D eigenvalue weighted by Gasteiger charge is 2.16. The molecule has 1 amide bonds. The molecule has 0 bridgehead atoms. The van der Waals surface area contributed by atoms with Crippen LogP contribution in [0, 0.1) is 5.82 Å². The molecule has 2 aromatic carbocycles. The summed E-state index contributed by atoms with van der Waals surface area (Å²) < 4.78 is 20.5. The van der Waals surface area contributed by atoms with E-state index in [0.717, 1.165) is 5.56 Å². The summed E-state index contributed by atoms with van der Waals surface area (Å²) in [5.41, 5.74) is 2.03. The van der Waals surface area contributed by atoms with Gasteiger partial charge in [0, 0.05) is 5.56 Å². The summed E-state index contributed by atoms with van der Waals surface area (Å²) in [6.07, 6.45) is 3.04. The molecule has 7 heteroatoms. The van der Waals surface area contributed by atoms with Crippen molar-refractivity contribution >= 4 is 5.91 Å². The first-order chi connectivity index (χ1) is 12.6. The highest BCUT2D eigenvalue weighted by atomic mass is 19.1. The summed E-state index contributed by atoms with van der Waals surface area (Å²) in [6.45, 7) is 2.24. The molecular weight excluding hydrogens is 335 g/mol. The van der Waals surface area contributed by atoms with Gasteiger partial charge >= 0.3 is 0 Å². The summed E-state index contributed by atoms with van der Waals surface area (Å²) in [7, 11) is 1.41. The molecular formula is C19H19FN4O2. The lowest BCUT2D eigenvalue weighted by atomic mass is 10.0. The van der Waals surface area contributed by atoms with Crippen LogP contribution < -0.4 is 10.1 Å². The minimum absolute atomic E-state index is 0.172. The van der Waals surface area contributed by atoms with Crippen molar-refractivity contribution in [3.63, 3.8) is 0 Å². The van der Waals surface area contributed by atoms with Crippen LogP contribution in [0.2, 0.25) is 0 Å². The van der Waals surface area contributed by atoms with Crippen LogP contribution in [0.4, 0.5) is 4.39 Å². The molecule has 0 aliphatic rings. The summed E-state index contributed by atoms with van der Waals surface area (Å²) >= 11 is 0. The number of carbonyl (C=O) groups is 1. The molecule has 0 aliphatic heterocycles. The molecule has 0 saturated carbocycles. The van der Waals surface area contributed by atoms with Crippen LogP contribution in [-0.2, 0) is 6.54 Å². The number of rotatable bonds is 6. The number of carbonyl (C=O) groups excluding carboxylic acids is 1. The third-order valence-corrected chi connectivity index (χ3v) is 4.08. The topological polar surface area (TPSA) is 69.0 Å². The first kappa shape index (κ1) is 17.6. The molecule has 0 spiro atoms. The molecule has 0 fully saturated rings. The van der Waals surface area contributed by atoms with E-state index < -0.39 is 5.82 Å². The lowest BCUT2D eigenvalue weighted by Crippen LogP contribution is -2.28. The maximum Gasteiger partial charge on any atom is 0.252 e. The Balaban J connectivity index is 1.76. The molecule has 0 unspecified atom stereocenters. The van der Waals surface area contributed by atoms with Gasteiger partial charge in [0.2, 0.25) is 0 Å². The van der Waals surface area contributed by atoms with Crippen molar-refractivity contribution in [1.82, 2.24) is 20.1 Å². The zero-order chi connectivity index (χ0) is 18.5. The van der Waals surface area contributed by atoms with Crippen LogP contribution in [0.3, 0.4) is 0 Å². The van der Waals surface area contributed by atoms with E-state index in [-0.39, 0.29) is 17.7 Å². The van der Waals surface area contributed by atoms with Gasteiger partial charge in [-0.25, -0.2) is 14.1 Å². The van der Waals surface area contributed by atoms with E-state index in [0.29, 0.717) is 17.7 Å². The molecule has 0 radical (unpaired) electrons. The minimum atomic E-state index is -0.460. The number of benzene rings is 2. The minimum Gasteiger partial charge on any atom is -0.494 e. The third kappa shape index (κ3) is 3.88. The highest BCUT2D eigenvalue weighted by molar-refractivity contribution is 5.95. The van der Waals surface area contributed by atoms with E-state index >= 15 is 0 Å². The number of nitrogens with one attached hydrogen (secondary N) is 1. The number of aromatic nitrogens is 3. The standard InChI is InChI=1S/C19H19FN4O2/c1-13(14-7-8-18(26-2)17(20)9-14)23-19(25)16-6-4-3-5-15(16)10-24-12-21-11-22-24/h3-9,11-13H,10H2,1-2H3,(H,23,25)/t13-/m0/s1. The highest BCUT2D eigenvalue weighted by Crippen LogP contribution is 2.22. The van der Waals surface area contributed by atoms with Crippen molar-refractivity contribution in [2.24, 2.45) is 0 Å². The summed E-state index contributed by atoms with van der Waals surface area (Å²) in [6, 6.07) is 11.6. The van der Waals surface area contributed by atoms with Gasteiger partial charge in [0.1, 0.15) is 12.7 Å². The number of halogens is 1. The van der Waals surface area contributed by atoms with Gasteiger partial charge in [0.15, 0.2) is 11.6 Å². The van der Waals surface area contributed by atoms with E-state index in [2.05, 4.69) is 15.4 Å². The zero-order valence-corrected chi connectivity index (χ0v) is 14.5. The Kier molecular flexibility index (Phi) is 5.26. The molecule has 1 N–H and O–H groups in total.